The number of nitrogens with two attached hydrogens (primary N) is 1. The van der Waals surface area contributed by atoms with Gasteiger partial charge in [0.25, 0.3) is 0 Å². The van der Waals surface area contributed by atoms with Crippen LogP contribution in [0.15, 0.2) is 42.6 Å². The number of rotatable bonds is 4. The van der Waals surface area contributed by atoms with Crippen molar-refractivity contribution in [3.63, 3.8) is 0 Å². The molecule has 0 aliphatic heterocycles. The van der Waals surface area contributed by atoms with E-state index in [1.165, 1.54) is 0 Å². The molecule has 2 rings (SSSR count). The number of para-hydroxylation sites is 1. The van der Waals surface area contributed by atoms with Crippen LogP contribution < -0.4 is 10.5 Å². The Labute approximate surface area is 106 Å². The number of aryl methyl sites for hydroxylation is 1. The summed E-state index contributed by atoms with van der Waals surface area (Å²) in [6.45, 7) is 2.08. The van der Waals surface area contributed by atoms with Crippen molar-refractivity contribution < 1.29 is 4.74 Å². The molecule has 4 nitrogen and oxygen atoms in total. The SMILES string of the molecule is CCc1ccccc1Oc1ccnc(C(=N)N)c1. The molecule has 0 fully saturated rings. The monoisotopic (exact) mass is 241 g/mol. The van der Waals surface area contributed by atoms with Gasteiger partial charge in [0.1, 0.15) is 23.0 Å². The first-order valence-electron chi connectivity index (χ1n) is 5.77. The summed E-state index contributed by atoms with van der Waals surface area (Å²) in [4.78, 5) is 3.99. The van der Waals surface area contributed by atoms with Gasteiger partial charge in [-0.1, -0.05) is 25.1 Å². The number of nitrogen functional groups attached to an aromatic ring is 1. The summed E-state index contributed by atoms with van der Waals surface area (Å²) in [6.07, 6.45) is 2.49. The number of amidine groups is 1. The van der Waals surface area contributed by atoms with Gasteiger partial charge < -0.3 is 10.5 Å². The van der Waals surface area contributed by atoms with E-state index in [0.29, 0.717) is 11.4 Å². The van der Waals surface area contributed by atoms with Crippen molar-refractivity contribution in [1.82, 2.24) is 4.98 Å². The van der Waals surface area contributed by atoms with Gasteiger partial charge in [-0.05, 0) is 24.1 Å². The van der Waals surface area contributed by atoms with Crippen LogP contribution in [0.3, 0.4) is 0 Å². The van der Waals surface area contributed by atoms with Crippen molar-refractivity contribution in [2.75, 3.05) is 0 Å². The van der Waals surface area contributed by atoms with Crippen molar-refractivity contribution >= 4 is 5.84 Å². The molecule has 0 amide bonds. The van der Waals surface area contributed by atoms with Gasteiger partial charge in [0.05, 0.1) is 0 Å². The summed E-state index contributed by atoms with van der Waals surface area (Å²) in [5, 5.41) is 7.35. The molecule has 0 unspecified atom stereocenters. The quantitative estimate of drug-likeness (QED) is 0.638. The molecule has 0 aliphatic carbocycles. The van der Waals surface area contributed by atoms with Gasteiger partial charge in [0, 0.05) is 12.3 Å². The zero-order chi connectivity index (χ0) is 13.0. The van der Waals surface area contributed by atoms with Crippen LogP contribution >= 0.6 is 0 Å². The smallest absolute Gasteiger partial charge is 0.141 e. The number of aromatic nitrogens is 1. The number of hydrogen-bond acceptors (Lipinski definition) is 3. The summed E-state index contributed by atoms with van der Waals surface area (Å²) in [5.41, 5.74) is 6.95. The van der Waals surface area contributed by atoms with E-state index in [1.807, 2.05) is 24.3 Å². The zero-order valence-corrected chi connectivity index (χ0v) is 10.2. The van der Waals surface area contributed by atoms with E-state index in [2.05, 4.69) is 11.9 Å². The Hall–Kier alpha value is -2.36. The van der Waals surface area contributed by atoms with E-state index < -0.39 is 0 Å². The summed E-state index contributed by atoms with van der Waals surface area (Å²) in [7, 11) is 0. The molecule has 0 aliphatic rings. The molecule has 0 bridgehead atoms. The Balaban J connectivity index is 2.28. The molecule has 92 valence electrons. The minimum Gasteiger partial charge on any atom is -0.457 e. The second kappa shape index (κ2) is 5.31. The molecule has 2 aromatic rings. The molecule has 0 radical (unpaired) electrons. The number of ether oxygens (including phenoxy) is 1. The van der Waals surface area contributed by atoms with Crippen molar-refractivity contribution in [1.29, 1.82) is 5.41 Å². The van der Waals surface area contributed by atoms with Crippen LogP contribution in [0, 0.1) is 5.41 Å². The Kier molecular flexibility index (Phi) is 3.57. The zero-order valence-electron chi connectivity index (χ0n) is 10.2. The molecule has 4 heteroatoms. The fourth-order valence-electron chi connectivity index (χ4n) is 1.64. The molecule has 0 saturated carbocycles. The standard InChI is InChI=1S/C14H15N3O/c1-2-10-5-3-4-6-13(10)18-11-7-8-17-12(9-11)14(15)16/h3-9H,2H2,1H3,(H3,15,16). The maximum atomic E-state index is 7.35. The first-order valence-corrected chi connectivity index (χ1v) is 5.77. The molecule has 0 spiro atoms. The molecule has 0 saturated heterocycles. The lowest BCUT2D eigenvalue weighted by Gasteiger charge is -2.10. The second-order valence-corrected chi connectivity index (χ2v) is 3.85. The largest absolute Gasteiger partial charge is 0.457 e. The van der Waals surface area contributed by atoms with Crippen molar-refractivity contribution in [3.05, 3.63) is 53.9 Å². The number of hydrogen-bond donors (Lipinski definition) is 2. The molecule has 1 aromatic heterocycles. The van der Waals surface area contributed by atoms with E-state index in [-0.39, 0.29) is 5.84 Å². The first kappa shape index (κ1) is 12.1. The van der Waals surface area contributed by atoms with Crippen molar-refractivity contribution in [3.8, 4) is 11.5 Å². The highest BCUT2D eigenvalue weighted by Crippen LogP contribution is 2.25. The van der Waals surface area contributed by atoms with Crippen LogP contribution in [0.2, 0.25) is 0 Å². The van der Waals surface area contributed by atoms with Gasteiger partial charge in [0.15, 0.2) is 0 Å². The Bertz CT molecular complexity index is 566. The van der Waals surface area contributed by atoms with E-state index in [1.54, 1.807) is 18.3 Å². The number of benzene rings is 1. The van der Waals surface area contributed by atoms with Crippen LogP contribution in [-0.2, 0) is 6.42 Å². The fourth-order valence-corrected chi connectivity index (χ4v) is 1.64. The van der Waals surface area contributed by atoms with Gasteiger partial charge in [-0.25, -0.2) is 0 Å². The Morgan fingerprint density at radius 1 is 1.33 bits per heavy atom. The van der Waals surface area contributed by atoms with E-state index in [9.17, 15) is 0 Å². The van der Waals surface area contributed by atoms with Gasteiger partial charge in [-0.15, -0.1) is 0 Å². The topological polar surface area (TPSA) is 72.0 Å². The van der Waals surface area contributed by atoms with Crippen LogP contribution in [0.4, 0.5) is 0 Å². The maximum Gasteiger partial charge on any atom is 0.141 e. The number of nitrogens with zero attached hydrogens (tertiary/aromatic N) is 1. The highest BCUT2D eigenvalue weighted by molar-refractivity contribution is 5.93. The highest BCUT2D eigenvalue weighted by Gasteiger charge is 2.05. The summed E-state index contributed by atoms with van der Waals surface area (Å²) in [6, 6.07) is 11.3. The molecule has 1 aromatic carbocycles. The van der Waals surface area contributed by atoms with Gasteiger partial charge in [-0.2, -0.15) is 0 Å². The number of pyridine rings is 1. The second-order valence-electron chi connectivity index (χ2n) is 3.85. The fraction of sp³-hybridized carbons (Fsp3) is 0.143. The van der Waals surface area contributed by atoms with Gasteiger partial charge >= 0.3 is 0 Å². The van der Waals surface area contributed by atoms with E-state index >= 15 is 0 Å². The average molecular weight is 241 g/mol. The predicted molar refractivity (Wildman–Crippen MR) is 71.1 cm³/mol. The molecule has 18 heavy (non-hydrogen) atoms. The van der Waals surface area contributed by atoms with Gasteiger partial charge in [0.2, 0.25) is 0 Å². The maximum absolute atomic E-state index is 7.35. The lowest BCUT2D eigenvalue weighted by atomic mass is 10.1. The lowest BCUT2D eigenvalue weighted by Crippen LogP contribution is -2.12. The molecule has 3 N–H and O–H groups in total. The van der Waals surface area contributed by atoms with Crippen LogP contribution in [0.5, 0.6) is 11.5 Å². The van der Waals surface area contributed by atoms with Crippen molar-refractivity contribution in [2.45, 2.75) is 13.3 Å². The predicted octanol–water partition coefficient (Wildman–Crippen LogP) is 2.72. The number of nitrogens with one attached hydrogen (secondary N) is 1. The normalized spacial score (nSPS) is 10.1. The Morgan fingerprint density at radius 2 is 2.11 bits per heavy atom. The molecule has 1 heterocycles. The van der Waals surface area contributed by atoms with Crippen LogP contribution in [0.25, 0.3) is 0 Å². The van der Waals surface area contributed by atoms with E-state index in [4.69, 9.17) is 15.9 Å². The minimum atomic E-state index is -0.0655. The third kappa shape index (κ3) is 2.66. The van der Waals surface area contributed by atoms with Crippen molar-refractivity contribution in [2.24, 2.45) is 5.73 Å². The minimum absolute atomic E-state index is 0.0655. The van der Waals surface area contributed by atoms with Gasteiger partial charge in [-0.3, -0.25) is 10.4 Å². The molecule has 0 atom stereocenters. The lowest BCUT2D eigenvalue weighted by molar-refractivity contribution is 0.476. The van der Waals surface area contributed by atoms with Crippen LogP contribution in [-0.4, -0.2) is 10.8 Å². The molecular weight excluding hydrogens is 226 g/mol. The summed E-state index contributed by atoms with van der Waals surface area (Å²) < 4.78 is 5.80. The Morgan fingerprint density at radius 3 is 2.83 bits per heavy atom. The first-order chi connectivity index (χ1) is 8.70. The highest BCUT2D eigenvalue weighted by atomic mass is 16.5. The summed E-state index contributed by atoms with van der Waals surface area (Å²) in [5.74, 6) is 1.39. The van der Waals surface area contributed by atoms with E-state index in [0.717, 1.165) is 17.7 Å². The average Bonchev–Trinajstić information content (AvgIpc) is 2.39. The van der Waals surface area contributed by atoms with Crippen LogP contribution in [0.1, 0.15) is 18.2 Å². The molecular formula is C14H15N3O. The third-order valence-electron chi connectivity index (χ3n) is 2.59. The summed E-state index contributed by atoms with van der Waals surface area (Å²) >= 11 is 0. The third-order valence-corrected chi connectivity index (χ3v) is 2.59.